The molecule has 2 nitrogen and oxygen atoms in total. The Morgan fingerprint density at radius 1 is 1.41 bits per heavy atom. The summed E-state index contributed by atoms with van der Waals surface area (Å²) >= 11 is 0. The molecule has 1 N–H and O–H groups in total. The average Bonchev–Trinajstić information content (AvgIpc) is 2.80. The maximum absolute atomic E-state index is 12.3. The first-order chi connectivity index (χ1) is 7.90. The van der Waals surface area contributed by atoms with Crippen LogP contribution in [-0.2, 0) is 4.79 Å². The van der Waals surface area contributed by atoms with Crippen LogP contribution in [0.25, 0.3) is 0 Å². The quantitative estimate of drug-likeness (QED) is 0.757. The van der Waals surface area contributed by atoms with E-state index in [0.29, 0.717) is 23.5 Å². The van der Waals surface area contributed by atoms with E-state index in [0.717, 1.165) is 19.3 Å². The smallest absolute Gasteiger partial charge is 0.162 e. The fourth-order valence-electron chi connectivity index (χ4n) is 4.92. The van der Waals surface area contributed by atoms with Gasteiger partial charge in [0.1, 0.15) is 0 Å². The van der Waals surface area contributed by atoms with Gasteiger partial charge in [0.15, 0.2) is 5.78 Å². The third-order valence-corrected chi connectivity index (χ3v) is 5.89. The molecule has 0 bridgehead atoms. The van der Waals surface area contributed by atoms with Crippen molar-refractivity contribution in [2.75, 3.05) is 6.61 Å². The van der Waals surface area contributed by atoms with E-state index in [1.165, 1.54) is 5.57 Å². The van der Waals surface area contributed by atoms with E-state index >= 15 is 0 Å². The lowest BCUT2D eigenvalue weighted by Crippen LogP contribution is -2.34. The van der Waals surface area contributed by atoms with Crippen LogP contribution in [0.15, 0.2) is 11.6 Å². The van der Waals surface area contributed by atoms with Crippen LogP contribution in [0.3, 0.4) is 0 Å². The van der Waals surface area contributed by atoms with Gasteiger partial charge in [-0.3, -0.25) is 4.79 Å². The summed E-state index contributed by atoms with van der Waals surface area (Å²) in [5.74, 6) is 1.96. The lowest BCUT2D eigenvalue weighted by Gasteiger charge is -2.32. The van der Waals surface area contributed by atoms with Gasteiger partial charge in [-0.2, -0.15) is 0 Å². The lowest BCUT2D eigenvalue weighted by atomic mass is 9.70. The Bertz CT molecular complexity index is 411. The van der Waals surface area contributed by atoms with E-state index in [9.17, 15) is 9.90 Å². The number of carbonyl (C=O) groups is 1. The number of carbonyl (C=O) groups excluding carboxylic acids is 1. The minimum Gasteiger partial charge on any atom is -0.396 e. The second-order valence-electron chi connectivity index (χ2n) is 7.07. The number of rotatable bonds is 1. The number of hydrogen-bond acceptors (Lipinski definition) is 2. The zero-order valence-electron chi connectivity index (χ0n) is 11.0. The lowest BCUT2D eigenvalue weighted by molar-refractivity contribution is -0.125. The van der Waals surface area contributed by atoms with Crippen molar-refractivity contribution < 1.29 is 9.90 Å². The van der Waals surface area contributed by atoms with Crippen molar-refractivity contribution in [3.05, 3.63) is 11.6 Å². The topological polar surface area (TPSA) is 37.3 Å². The van der Waals surface area contributed by atoms with Gasteiger partial charge in [0.05, 0.1) is 0 Å². The fourth-order valence-corrected chi connectivity index (χ4v) is 4.92. The van der Waals surface area contributed by atoms with Crippen LogP contribution in [0.4, 0.5) is 0 Å². The summed E-state index contributed by atoms with van der Waals surface area (Å²) in [6.45, 7) is 6.71. The summed E-state index contributed by atoms with van der Waals surface area (Å²) in [6, 6.07) is 0. The normalized spacial score (nSPS) is 52.6. The van der Waals surface area contributed by atoms with Gasteiger partial charge in [0.2, 0.25) is 0 Å². The molecule has 0 unspecified atom stereocenters. The molecule has 3 rings (SSSR count). The third-order valence-electron chi connectivity index (χ3n) is 5.89. The van der Waals surface area contributed by atoms with Crippen LogP contribution in [0.5, 0.6) is 0 Å². The summed E-state index contributed by atoms with van der Waals surface area (Å²) in [7, 11) is 0. The summed E-state index contributed by atoms with van der Waals surface area (Å²) in [4.78, 5) is 12.3. The Morgan fingerprint density at radius 2 is 2.12 bits per heavy atom. The van der Waals surface area contributed by atoms with Crippen LogP contribution in [-0.4, -0.2) is 17.5 Å². The van der Waals surface area contributed by atoms with E-state index in [-0.39, 0.29) is 17.4 Å². The van der Waals surface area contributed by atoms with Crippen molar-refractivity contribution in [2.45, 2.75) is 40.0 Å². The van der Waals surface area contributed by atoms with Gasteiger partial charge in [-0.05, 0) is 55.4 Å². The maximum atomic E-state index is 12.3. The molecule has 0 heterocycles. The first kappa shape index (κ1) is 11.5. The predicted octanol–water partition coefficient (Wildman–Crippen LogP) is 2.57. The number of aliphatic hydroxyl groups is 1. The molecular formula is C15H22O2. The Morgan fingerprint density at radius 3 is 2.76 bits per heavy atom. The SMILES string of the molecule is CC1=CC(=O)[C@]2(C)[C@H]1C[C@@H]1C[C@@](C)(CO)C[C@@H]12. The van der Waals surface area contributed by atoms with Crippen molar-refractivity contribution in [3.8, 4) is 0 Å². The third kappa shape index (κ3) is 1.28. The molecule has 5 atom stereocenters. The van der Waals surface area contributed by atoms with Crippen molar-refractivity contribution in [1.82, 2.24) is 0 Å². The van der Waals surface area contributed by atoms with E-state index < -0.39 is 0 Å². The van der Waals surface area contributed by atoms with Crippen molar-refractivity contribution in [2.24, 2.45) is 28.6 Å². The minimum atomic E-state index is -0.151. The van der Waals surface area contributed by atoms with E-state index in [1.807, 2.05) is 6.08 Å². The highest BCUT2D eigenvalue weighted by Crippen LogP contribution is 2.65. The zero-order chi connectivity index (χ0) is 12.4. The maximum Gasteiger partial charge on any atom is 0.162 e. The van der Waals surface area contributed by atoms with Crippen LogP contribution < -0.4 is 0 Å². The number of aliphatic hydroxyl groups excluding tert-OH is 1. The monoisotopic (exact) mass is 234 g/mol. The summed E-state index contributed by atoms with van der Waals surface area (Å²) in [5.41, 5.74) is 1.19. The molecule has 94 valence electrons. The zero-order valence-corrected chi connectivity index (χ0v) is 11.0. The van der Waals surface area contributed by atoms with Crippen LogP contribution in [0.1, 0.15) is 40.0 Å². The molecule has 2 heteroatoms. The van der Waals surface area contributed by atoms with Gasteiger partial charge in [-0.25, -0.2) is 0 Å². The van der Waals surface area contributed by atoms with Crippen molar-refractivity contribution in [1.29, 1.82) is 0 Å². The number of ketones is 1. The summed E-state index contributed by atoms with van der Waals surface area (Å²) in [6.07, 6.45) is 5.15. The highest BCUT2D eigenvalue weighted by atomic mass is 16.3. The first-order valence-electron chi connectivity index (χ1n) is 6.74. The molecule has 3 aliphatic rings. The van der Waals surface area contributed by atoms with Gasteiger partial charge in [0, 0.05) is 12.0 Å². The molecule has 0 aromatic carbocycles. The molecular weight excluding hydrogens is 212 g/mol. The second kappa shape index (κ2) is 3.23. The largest absolute Gasteiger partial charge is 0.396 e. The molecule has 0 spiro atoms. The molecule has 0 amide bonds. The predicted molar refractivity (Wildman–Crippen MR) is 66.4 cm³/mol. The van der Waals surface area contributed by atoms with E-state index in [4.69, 9.17) is 0 Å². The van der Waals surface area contributed by atoms with E-state index in [1.54, 1.807) is 0 Å². The van der Waals surface area contributed by atoms with Gasteiger partial charge in [0.25, 0.3) is 0 Å². The molecule has 2 fully saturated rings. The fraction of sp³-hybridized carbons (Fsp3) is 0.800. The molecule has 2 saturated carbocycles. The molecule has 17 heavy (non-hydrogen) atoms. The van der Waals surface area contributed by atoms with Gasteiger partial charge in [-0.1, -0.05) is 19.4 Å². The highest BCUT2D eigenvalue weighted by Gasteiger charge is 2.62. The van der Waals surface area contributed by atoms with Crippen LogP contribution in [0, 0.1) is 28.6 Å². The second-order valence-corrected chi connectivity index (χ2v) is 7.07. The standard InChI is InChI=1S/C15H22O2/c1-9-4-13(17)15(3)11(9)5-10-6-14(2,8-16)7-12(10)15/h4,10-12,16H,5-8H2,1-3H3/t10-,11+,12+,14-,15-/m1/s1. The molecule has 0 aromatic heterocycles. The first-order valence-corrected chi connectivity index (χ1v) is 6.74. The minimum absolute atomic E-state index is 0.0556. The Hall–Kier alpha value is -0.630. The van der Waals surface area contributed by atoms with Crippen molar-refractivity contribution in [3.63, 3.8) is 0 Å². The van der Waals surface area contributed by atoms with Gasteiger partial charge >= 0.3 is 0 Å². The average molecular weight is 234 g/mol. The molecule has 0 aromatic rings. The van der Waals surface area contributed by atoms with Crippen LogP contribution >= 0.6 is 0 Å². The Labute approximate surface area is 103 Å². The van der Waals surface area contributed by atoms with E-state index in [2.05, 4.69) is 20.8 Å². The number of fused-ring (bicyclic) bond motifs is 3. The van der Waals surface area contributed by atoms with Crippen LogP contribution in [0.2, 0.25) is 0 Å². The number of hydrogen-bond donors (Lipinski definition) is 1. The Kier molecular flexibility index (Phi) is 2.17. The molecule has 0 saturated heterocycles. The number of allylic oxidation sites excluding steroid dienone is 2. The highest BCUT2D eigenvalue weighted by molar-refractivity contribution is 5.99. The summed E-state index contributed by atoms with van der Waals surface area (Å²) < 4.78 is 0. The molecule has 0 radical (unpaired) electrons. The molecule has 3 aliphatic carbocycles. The Balaban J connectivity index is 1.95. The van der Waals surface area contributed by atoms with Gasteiger partial charge < -0.3 is 5.11 Å². The summed E-state index contributed by atoms with van der Waals surface area (Å²) in [5, 5.41) is 9.52. The molecule has 0 aliphatic heterocycles. The van der Waals surface area contributed by atoms with Crippen molar-refractivity contribution >= 4 is 5.78 Å². The van der Waals surface area contributed by atoms with Gasteiger partial charge in [-0.15, -0.1) is 0 Å².